The normalized spacial score (nSPS) is 19.1. The van der Waals surface area contributed by atoms with Gasteiger partial charge in [-0.3, -0.25) is 14.6 Å². The summed E-state index contributed by atoms with van der Waals surface area (Å²) in [4.78, 5) is 31.0. The summed E-state index contributed by atoms with van der Waals surface area (Å²) in [6.07, 6.45) is 4.58. The lowest BCUT2D eigenvalue weighted by atomic mass is 9.80. The maximum Gasteiger partial charge on any atom is 0.254 e. The van der Waals surface area contributed by atoms with Gasteiger partial charge in [0.25, 0.3) is 5.91 Å². The Labute approximate surface area is 172 Å². The van der Waals surface area contributed by atoms with Crippen molar-refractivity contribution < 1.29 is 14.3 Å². The molecule has 1 aliphatic rings. The number of carbonyl (C=O) groups is 2. The number of methoxy groups -OCH3 is 1. The van der Waals surface area contributed by atoms with E-state index < -0.39 is 0 Å². The highest BCUT2D eigenvalue weighted by molar-refractivity contribution is 6.06. The molecular formula is C23H31N3O3. The molecule has 3 rings (SSSR count). The average molecular weight is 398 g/mol. The Morgan fingerprint density at radius 3 is 2.59 bits per heavy atom. The molecule has 1 aliphatic carbocycles. The quantitative estimate of drug-likeness (QED) is 0.778. The Balaban J connectivity index is 1.68. The first-order valence-corrected chi connectivity index (χ1v) is 10.4. The third kappa shape index (κ3) is 5.32. The molecule has 1 aromatic heterocycles. The molecule has 1 saturated carbocycles. The van der Waals surface area contributed by atoms with Crippen LogP contribution in [0.5, 0.6) is 0 Å². The molecule has 6 nitrogen and oxygen atoms in total. The van der Waals surface area contributed by atoms with Gasteiger partial charge in [0.15, 0.2) is 0 Å². The number of nitrogens with zero attached hydrogens (tertiary/aromatic N) is 2. The molecule has 156 valence electrons. The smallest absolute Gasteiger partial charge is 0.254 e. The van der Waals surface area contributed by atoms with Crippen LogP contribution >= 0.6 is 0 Å². The van der Waals surface area contributed by atoms with Crippen LogP contribution in [0.4, 0.5) is 0 Å². The van der Waals surface area contributed by atoms with Gasteiger partial charge in [0.1, 0.15) is 0 Å². The summed E-state index contributed by atoms with van der Waals surface area (Å²) in [6, 6.07) is 9.84. The molecular weight excluding hydrogens is 366 g/mol. The number of rotatable bonds is 7. The summed E-state index contributed by atoms with van der Waals surface area (Å²) < 4.78 is 4.94. The standard InChI is InChI=1S/C23H31N3O3/c1-26(2)23(28)19-14-21(25-20-7-5-4-6-18(19)20)17-10-8-16(9-11-17)15-24-22(27)12-13-29-3/h4-7,14,16-17H,8-13,15H2,1-3H3,(H,24,27). The summed E-state index contributed by atoms with van der Waals surface area (Å²) in [5.74, 6) is 0.921. The Morgan fingerprint density at radius 2 is 1.90 bits per heavy atom. The fourth-order valence-electron chi connectivity index (χ4n) is 4.03. The zero-order valence-electron chi connectivity index (χ0n) is 17.6. The molecule has 0 aliphatic heterocycles. The third-order valence-corrected chi connectivity index (χ3v) is 5.76. The van der Waals surface area contributed by atoms with E-state index in [0.29, 0.717) is 24.9 Å². The van der Waals surface area contributed by atoms with Crippen molar-refractivity contribution in [2.75, 3.05) is 34.4 Å². The summed E-state index contributed by atoms with van der Waals surface area (Å²) in [5.41, 5.74) is 2.61. The molecule has 2 aromatic rings. The lowest BCUT2D eigenvalue weighted by Crippen LogP contribution is -2.31. The topological polar surface area (TPSA) is 71.5 Å². The van der Waals surface area contributed by atoms with Crippen LogP contribution in [0.3, 0.4) is 0 Å². The van der Waals surface area contributed by atoms with Crippen LogP contribution in [0.2, 0.25) is 0 Å². The minimum Gasteiger partial charge on any atom is -0.384 e. The van der Waals surface area contributed by atoms with Crippen molar-refractivity contribution in [2.45, 2.75) is 38.0 Å². The number of amides is 2. The first kappa shape index (κ1) is 21.2. The number of hydrogen-bond acceptors (Lipinski definition) is 4. The highest BCUT2D eigenvalue weighted by atomic mass is 16.5. The number of hydrogen-bond donors (Lipinski definition) is 1. The summed E-state index contributed by atoms with van der Waals surface area (Å²) in [5, 5.41) is 3.92. The number of ether oxygens (including phenoxy) is 1. The first-order chi connectivity index (χ1) is 14.0. The van der Waals surface area contributed by atoms with Gasteiger partial charge in [-0.15, -0.1) is 0 Å². The predicted octanol–water partition coefficient (Wildman–Crippen LogP) is 3.36. The Bertz CT molecular complexity index is 858. The highest BCUT2D eigenvalue weighted by Gasteiger charge is 2.25. The van der Waals surface area contributed by atoms with E-state index in [0.717, 1.165) is 54.4 Å². The van der Waals surface area contributed by atoms with Crippen molar-refractivity contribution in [1.29, 1.82) is 0 Å². The van der Waals surface area contributed by atoms with Gasteiger partial charge in [-0.1, -0.05) is 18.2 Å². The highest BCUT2D eigenvalue weighted by Crippen LogP contribution is 2.36. The number of para-hydroxylation sites is 1. The van der Waals surface area contributed by atoms with Crippen molar-refractivity contribution in [3.05, 3.63) is 41.6 Å². The first-order valence-electron chi connectivity index (χ1n) is 10.4. The van der Waals surface area contributed by atoms with Crippen LogP contribution in [0.1, 0.15) is 54.1 Å². The molecule has 0 radical (unpaired) electrons. The fraction of sp³-hybridized carbons (Fsp3) is 0.522. The number of nitrogens with one attached hydrogen (secondary N) is 1. The number of carbonyl (C=O) groups excluding carboxylic acids is 2. The fourth-order valence-corrected chi connectivity index (χ4v) is 4.03. The summed E-state index contributed by atoms with van der Waals surface area (Å²) >= 11 is 0. The molecule has 0 unspecified atom stereocenters. The lowest BCUT2D eigenvalue weighted by Gasteiger charge is -2.29. The van der Waals surface area contributed by atoms with Crippen LogP contribution < -0.4 is 5.32 Å². The maximum absolute atomic E-state index is 12.7. The van der Waals surface area contributed by atoms with Gasteiger partial charge in [0, 0.05) is 51.2 Å². The zero-order chi connectivity index (χ0) is 20.8. The zero-order valence-corrected chi connectivity index (χ0v) is 17.6. The second-order valence-corrected chi connectivity index (χ2v) is 8.08. The van der Waals surface area contributed by atoms with Crippen LogP contribution in [-0.4, -0.2) is 56.1 Å². The molecule has 1 N–H and O–H groups in total. The SMILES string of the molecule is COCCC(=O)NCC1CCC(c2cc(C(=O)N(C)C)c3ccccc3n2)CC1. The van der Waals surface area contributed by atoms with E-state index >= 15 is 0 Å². The third-order valence-electron chi connectivity index (χ3n) is 5.76. The Morgan fingerprint density at radius 1 is 1.17 bits per heavy atom. The Kier molecular flexibility index (Phi) is 7.20. The van der Waals surface area contributed by atoms with E-state index in [9.17, 15) is 9.59 Å². The van der Waals surface area contributed by atoms with E-state index in [-0.39, 0.29) is 11.8 Å². The van der Waals surface area contributed by atoms with Gasteiger partial charge in [-0.25, -0.2) is 0 Å². The van der Waals surface area contributed by atoms with Gasteiger partial charge in [-0.05, 0) is 43.7 Å². The van der Waals surface area contributed by atoms with Crippen molar-refractivity contribution in [1.82, 2.24) is 15.2 Å². The van der Waals surface area contributed by atoms with Crippen molar-refractivity contribution in [3.63, 3.8) is 0 Å². The molecule has 29 heavy (non-hydrogen) atoms. The van der Waals surface area contributed by atoms with Crippen molar-refractivity contribution >= 4 is 22.7 Å². The molecule has 0 saturated heterocycles. The molecule has 0 bridgehead atoms. The van der Waals surface area contributed by atoms with E-state index in [1.165, 1.54) is 0 Å². The monoisotopic (exact) mass is 397 g/mol. The molecule has 2 amide bonds. The van der Waals surface area contributed by atoms with Gasteiger partial charge in [-0.2, -0.15) is 0 Å². The predicted molar refractivity (Wildman–Crippen MR) is 114 cm³/mol. The van der Waals surface area contributed by atoms with E-state index in [2.05, 4.69) is 5.32 Å². The Hall–Kier alpha value is -2.47. The number of aromatic nitrogens is 1. The van der Waals surface area contributed by atoms with Crippen LogP contribution in [0, 0.1) is 5.92 Å². The number of fused-ring (bicyclic) bond motifs is 1. The maximum atomic E-state index is 12.7. The lowest BCUT2D eigenvalue weighted by molar-refractivity contribution is -0.122. The van der Waals surface area contributed by atoms with E-state index in [4.69, 9.17) is 9.72 Å². The number of benzene rings is 1. The minimum atomic E-state index is 0.0114. The van der Waals surface area contributed by atoms with Crippen molar-refractivity contribution in [3.8, 4) is 0 Å². The second kappa shape index (κ2) is 9.83. The van der Waals surface area contributed by atoms with Crippen LogP contribution in [-0.2, 0) is 9.53 Å². The van der Waals surface area contributed by atoms with Gasteiger partial charge in [0.2, 0.25) is 5.91 Å². The summed E-state index contributed by atoms with van der Waals surface area (Å²) in [6.45, 7) is 1.19. The van der Waals surface area contributed by atoms with Crippen LogP contribution in [0.15, 0.2) is 30.3 Å². The molecule has 1 fully saturated rings. The van der Waals surface area contributed by atoms with Gasteiger partial charge in [0.05, 0.1) is 17.7 Å². The number of pyridine rings is 1. The molecule has 1 aromatic carbocycles. The van der Waals surface area contributed by atoms with E-state index in [1.807, 2.05) is 30.3 Å². The van der Waals surface area contributed by atoms with Crippen molar-refractivity contribution in [2.24, 2.45) is 5.92 Å². The molecule has 6 heteroatoms. The minimum absolute atomic E-state index is 0.0114. The van der Waals surface area contributed by atoms with E-state index in [1.54, 1.807) is 26.1 Å². The second-order valence-electron chi connectivity index (χ2n) is 8.08. The molecule has 1 heterocycles. The van der Waals surface area contributed by atoms with Gasteiger partial charge >= 0.3 is 0 Å². The van der Waals surface area contributed by atoms with Gasteiger partial charge < -0.3 is 15.0 Å². The summed E-state index contributed by atoms with van der Waals surface area (Å²) in [7, 11) is 5.17. The average Bonchev–Trinajstić information content (AvgIpc) is 2.75. The largest absolute Gasteiger partial charge is 0.384 e. The molecule has 0 spiro atoms. The van der Waals surface area contributed by atoms with Crippen LogP contribution in [0.25, 0.3) is 10.9 Å². The molecule has 0 atom stereocenters.